The number of aryl methyl sites for hydroxylation is 2. The van der Waals surface area contributed by atoms with Gasteiger partial charge in [-0.05, 0) is 32.8 Å². The minimum Gasteiger partial charge on any atom is -0.371 e. The van der Waals surface area contributed by atoms with Crippen molar-refractivity contribution in [3.8, 4) is 0 Å². The molecule has 1 aromatic rings. The summed E-state index contributed by atoms with van der Waals surface area (Å²) in [6.07, 6.45) is 1.21. The van der Waals surface area contributed by atoms with Crippen LogP contribution < -0.4 is 10.6 Å². The molecule has 0 spiro atoms. The van der Waals surface area contributed by atoms with E-state index in [2.05, 4.69) is 43.6 Å². The summed E-state index contributed by atoms with van der Waals surface area (Å²) in [5.74, 6) is 0.698. The molecule has 3 nitrogen and oxygen atoms in total. The largest absolute Gasteiger partial charge is 0.371 e. The maximum Gasteiger partial charge on any atom is 0.0448 e. The van der Waals surface area contributed by atoms with Crippen molar-refractivity contribution >= 4 is 5.69 Å². The van der Waals surface area contributed by atoms with E-state index in [0.29, 0.717) is 12.5 Å². The highest BCUT2D eigenvalue weighted by molar-refractivity contribution is 5.56. The highest BCUT2D eigenvalue weighted by Crippen LogP contribution is 2.24. The summed E-state index contributed by atoms with van der Waals surface area (Å²) in [6, 6.07) is 2.17. The van der Waals surface area contributed by atoms with E-state index in [1.165, 1.54) is 17.7 Å². The fourth-order valence-electron chi connectivity index (χ4n) is 2.27. The van der Waals surface area contributed by atoms with Crippen LogP contribution in [0.5, 0.6) is 0 Å². The van der Waals surface area contributed by atoms with Crippen LogP contribution >= 0.6 is 0 Å². The molecular formula is C15H27N3. The fraction of sp³-hybridized carbons (Fsp3) is 0.667. The number of aromatic nitrogens is 1. The molecule has 0 aliphatic heterocycles. The molecule has 0 aromatic carbocycles. The SMILES string of the molecule is CCC(C)CN(CC)c1cc(C)nc(C)c1CN. The highest BCUT2D eigenvalue weighted by Gasteiger charge is 2.14. The number of rotatable bonds is 6. The predicted molar refractivity (Wildman–Crippen MR) is 78.9 cm³/mol. The van der Waals surface area contributed by atoms with Gasteiger partial charge in [-0.25, -0.2) is 0 Å². The van der Waals surface area contributed by atoms with Crippen molar-refractivity contribution in [2.24, 2.45) is 11.7 Å². The van der Waals surface area contributed by atoms with E-state index in [9.17, 15) is 0 Å². The Morgan fingerprint density at radius 2 is 2.00 bits per heavy atom. The number of hydrogen-bond donors (Lipinski definition) is 1. The van der Waals surface area contributed by atoms with Gasteiger partial charge in [0.25, 0.3) is 0 Å². The molecular weight excluding hydrogens is 222 g/mol. The van der Waals surface area contributed by atoms with Gasteiger partial charge in [0.05, 0.1) is 0 Å². The summed E-state index contributed by atoms with van der Waals surface area (Å²) in [7, 11) is 0. The van der Waals surface area contributed by atoms with Crippen LogP contribution in [-0.2, 0) is 6.54 Å². The Hall–Kier alpha value is -1.09. The second-order valence-electron chi connectivity index (χ2n) is 5.10. The van der Waals surface area contributed by atoms with Gasteiger partial charge in [0.1, 0.15) is 0 Å². The van der Waals surface area contributed by atoms with E-state index in [0.717, 1.165) is 24.5 Å². The lowest BCUT2D eigenvalue weighted by Crippen LogP contribution is -2.30. The number of nitrogens with two attached hydrogens (primary N) is 1. The first-order valence-electron chi connectivity index (χ1n) is 6.95. The molecule has 0 bridgehead atoms. The van der Waals surface area contributed by atoms with E-state index in [1.54, 1.807) is 0 Å². The zero-order valence-corrected chi connectivity index (χ0v) is 12.5. The molecule has 0 amide bonds. The third-order valence-electron chi connectivity index (χ3n) is 3.59. The minimum atomic E-state index is 0.561. The van der Waals surface area contributed by atoms with E-state index in [-0.39, 0.29) is 0 Å². The van der Waals surface area contributed by atoms with Crippen molar-refractivity contribution in [2.75, 3.05) is 18.0 Å². The first-order chi connectivity index (χ1) is 8.53. The summed E-state index contributed by atoms with van der Waals surface area (Å²) in [5, 5.41) is 0. The number of nitrogens with zero attached hydrogens (tertiary/aromatic N) is 2. The molecule has 0 saturated heterocycles. The molecule has 3 heteroatoms. The smallest absolute Gasteiger partial charge is 0.0448 e. The fourth-order valence-corrected chi connectivity index (χ4v) is 2.27. The van der Waals surface area contributed by atoms with Crippen molar-refractivity contribution in [3.63, 3.8) is 0 Å². The van der Waals surface area contributed by atoms with Gasteiger partial charge in [0.2, 0.25) is 0 Å². The maximum absolute atomic E-state index is 5.89. The van der Waals surface area contributed by atoms with Gasteiger partial charge in [-0.15, -0.1) is 0 Å². The highest BCUT2D eigenvalue weighted by atomic mass is 15.1. The predicted octanol–water partition coefficient (Wildman–Crippen LogP) is 3.03. The monoisotopic (exact) mass is 249 g/mol. The Morgan fingerprint density at radius 3 is 2.50 bits per heavy atom. The molecule has 1 unspecified atom stereocenters. The third-order valence-corrected chi connectivity index (χ3v) is 3.59. The molecule has 0 saturated carbocycles. The van der Waals surface area contributed by atoms with Crippen LogP contribution in [0.15, 0.2) is 6.07 Å². The molecule has 102 valence electrons. The molecule has 18 heavy (non-hydrogen) atoms. The summed E-state index contributed by atoms with van der Waals surface area (Å²) >= 11 is 0. The summed E-state index contributed by atoms with van der Waals surface area (Å²) in [6.45, 7) is 13.5. The van der Waals surface area contributed by atoms with Crippen LogP contribution in [0.2, 0.25) is 0 Å². The molecule has 0 aliphatic carbocycles. The van der Waals surface area contributed by atoms with E-state index >= 15 is 0 Å². The van der Waals surface area contributed by atoms with Crippen molar-refractivity contribution in [1.82, 2.24) is 4.98 Å². The molecule has 0 aliphatic rings. The Bertz CT molecular complexity index is 388. The second kappa shape index (κ2) is 6.74. The Labute approximate surface area is 111 Å². The number of pyridine rings is 1. The topological polar surface area (TPSA) is 42.2 Å². The molecule has 1 aromatic heterocycles. The van der Waals surface area contributed by atoms with Crippen molar-refractivity contribution in [2.45, 2.75) is 47.6 Å². The summed E-state index contributed by atoms with van der Waals surface area (Å²) in [5.41, 5.74) is 10.5. The van der Waals surface area contributed by atoms with Crippen LogP contribution in [0, 0.1) is 19.8 Å². The lowest BCUT2D eigenvalue weighted by atomic mass is 10.1. The van der Waals surface area contributed by atoms with Crippen LogP contribution in [0.3, 0.4) is 0 Å². The Morgan fingerprint density at radius 1 is 1.33 bits per heavy atom. The Kier molecular flexibility index (Phi) is 5.60. The lowest BCUT2D eigenvalue weighted by Gasteiger charge is -2.29. The van der Waals surface area contributed by atoms with Crippen LogP contribution in [-0.4, -0.2) is 18.1 Å². The van der Waals surface area contributed by atoms with Crippen LogP contribution in [0.1, 0.15) is 44.1 Å². The second-order valence-corrected chi connectivity index (χ2v) is 5.10. The summed E-state index contributed by atoms with van der Waals surface area (Å²) < 4.78 is 0. The molecule has 0 fully saturated rings. The van der Waals surface area contributed by atoms with Crippen molar-refractivity contribution in [3.05, 3.63) is 23.0 Å². The minimum absolute atomic E-state index is 0.561. The number of hydrogen-bond acceptors (Lipinski definition) is 3. The van der Waals surface area contributed by atoms with Crippen molar-refractivity contribution in [1.29, 1.82) is 0 Å². The van der Waals surface area contributed by atoms with Gasteiger partial charge in [0, 0.05) is 42.3 Å². The standard InChI is InChI=1S/C15H27N3/c1-6-11(3)10-18(7-2)15-8-12(4)17-13(5)14(15)9-16/h8,11H,6-7,9-10,16H2,1-5H3. The zero-order chi connectivity index (χ0) is 13.7. The molecule has 0 radical (unpaired) electrons. The molecule has 2 N–H and O–H groups in total. The van der Waals surface area contributed by atoms with Gasteiger partial charge >= 0.3 is 0 Å². The maximum atomic E-state index is 5.89. The molecule has 1 rings (SSSR count). The molecule has 1 atom stereocenters. The third kappa shape index (κ3) is 3.45. The Balaban J connectivity index is 3.11. The van der Waals surface area contributed by atoms with E-state index in [4.69, 9.17) is 5.73 Å². The first kappa shape index (κ1) is 15.0. The average molecular weight is 249 g/mol. The van der Waals surface area contributed by atoms with Crippen LogP contribution in [0.25, 0.3) is 0 Å². The average Bonchev–Trinajstić information content (AvgIpc) is 2.34. The van der Waals surface area contributed by atoms with Gasteiger partial charge in [-0.2, -0.15) is 0 Å². The van der Waals surface area contributed by atoms with E-state index in [1.807, 2.05) is 6.92 Å². The quantitative estimate of drug-likeness (QED) is 0.842. The number of anilines is 1. The van der Waals surface area contributed by atoms with Gasteiger partial charge in [-0.1, -0.05) is 20.3 Å². The van der Waals surface area contributed by atoms with Crippen LogP contribution in [0.4, 0.5) is 5.69 Å². The first-order valence-corrected chi connectivity index (χ1v) is 6.95. The lowest BCUT2D eigenvalue weighted by molar-refractivity contribution is 0.547. The van der Waals surface area contributed by atoms with E-state index < -0.39 is 0 Å². The van der Waals surface area contributed by atoms with Gasteiger partial charge in [0.15, 0.2) is 0 Å². The zero-order valence-electron chi connectivity index (χ0n) is 12.5. The van der Waals surface area contributed by atoms with Crippen molar-refractivity contribution < 1.29 is 0 Å². The van der Waals surface area contributed by atoms with Gasteiger partial charge < -0.3 is 10.6 Å². The van der Waals surface area contributed by atoms with Gasteiger partial charge in [-0.3, -0.25) is 4.98 Å². The molecule has 1 heterocycles. The normalized spacial score (nSPS) is 12.6. The summed E-state index contributed by atoms with van der Waals surface area (Å²) in [4.78, 5) is 6.94.